The fourth-order valence-electron chi connectivity index (χ4n) is 2.94. The first-order valence-corrected chi connectivity index (χ1v) is 8.02. The van der Waals surface area contributed by atoms with E-state index in [1.165, 1.54) is 0 Å². The Morgan fingerprint density at radius 3 is 2.91 bits per heavy atom. The molecular weight excluding hydrogens is 358 g/mol. The molecule has 22 heavy (non-hydrogen) atoms. The zero-order chi connectivity index (χ0) is 15.9. The minimum atomic E-state index is -3.29. The quantitative estimate of drug-likeness (QED) is 0.886. The van der Waals surface area contributed by atoms with Crippen LogP contribution in [0, 0.1) is 6.92 Å². The van der Waals surface area contributed by atoms with E-state index in [0.717, 1.165) is 24.8 Å². The van der Waals surface area contributed by atoms with Crippen LogP contribution in [0.4, 0.5) is 8.78 Å². The third kappa shape index (κ3) is 2.55. The van der Waals surface area contributed by atoms with Gasteiger partial charge in [0.2, 0.25) is 0 Å². The van der Waals surface area contributed by atoms with E-state index in [2.05, 4.69) is 21.0 Å². The molecule has 1 saturated heterocycles. The van der Waals surface area contributed by atoms with E-state index in [4.69, 9.17) is 9.84 Å². The van der Waals surface area contributed by atoms with Crippen molar-refractivity contribution >= 4 is 26.8 Å². The second-order valence-electron chi connectivity index (χ2n) is 5.59. The third-order valence-electron chi connectivity index (χ3n) is 4.03. The number of fused-ring (bicyclic) bond motifs is 1. The number of aryl methyl sites for hydroxylation is 1. The topological polar surface area (TPSA) is 47.3 Å². The van der Waals surface area contributed by atoms with Crippen molar-refractivity contribution in [3.8, 4) is 0 Å². The summed E-state index contributed by atoms with van der Waals surface area (Å²) in [6.07, 6.45) is 4.37. The van der Waals surface area contributed by atoms with Gasteiger partial charge in [0, 0.05) is 22.0 Å². The van der Waals surface area contributed by atoms with Crippen molar-refractivity contribution in [1.29, 1.82) is 0 Å². The van der Waals surface area contributed by atoms with Crippen LogP contribution in [0.25, 0.3) is 10.9 Å². The maximum atomic E-state index is 14.0. The number of nitrogens with zero attached hydrogens (tertiary/aromatic N) is 2. The number of hydrogen-bond acceptors (Lipinski definition) is 3. The van der Waals surface area contributed by atoms with E-state index in [0.29, 0.717) is 17.6 Å². The highest BCUT2D eigenvalue weighted by atomic mass is 79.9. The van der Waals surface area contributed by atoms with Crippen molar-refractivity contribution in [3.05, 3.63) is 27.9 Å². The number of halogens is 3. The number of benzene rings is 1. The average molecular weight is 375 g/mol. The van der Waals surface area contributed by atoms with Crippen LogP contribution in [0.1, 0.15) is 36.6 Å². The molecule has 0 spiro atoms. The van der Waals surface area contributed by atoms with Gasteiger partial charge in [-0.1, -0.05) is 0 Å². The van der Waals surface area contributed by atoms with Crippen molar-refractivity contribution < 1.29 is 18.6 Å². The highest BCUT2D eigenvalue weighted by Crippen LogP contribution is 2.40. The molecule has 1 unspecified atom stereocenters. The molecule has 1 aromatic carbocycles. The standard InChI is InChI=1S/C15H17BrF2N2O2/c1-9-6-11-10(14(16)13(9)15(17,18)8-21)7-19-20(11)12-4-2-3-5-22-12/h6-7,12,21H,2-5,8H2,1H3. The van der Waals surface area contributed by atoms with E-state index in [-0.39, 0.29) is 16.3 Å². The Bertz CT molecular complexity index is 696. The number of aliphatic hydroxyl groups is 1. The van der Waals surface area contributed by atoms with Gasteiger partial charge in [-0.15, -0.1) is 0 Å². The molecule has 0 aliphatic carbocycles. The number of hydrogen-bond donors (Lipinski definition) is 1. The monoisotopic (exact) mass is 374 g/mol. The Morgan fingerprint density at radius 1 is 1.50 bits per heavy atom. The van der Waals surface area contributed by atoms with Crippen LogP contribution < -0.4 is 0 Å². The van der Waals surface area contributed by atoms with Gasteiger partial charge in [-0.05, 0) is 53.7 Å². The molecule has 2 aromatic rings. The maximum absolute atomic E-state index is 14.0. The Hall–Kier alpha value is -1.05. The van der Waals surface area contributed by atoms with Gasteiger partial charge in [0.1, 0.15) is 6.61 Å². The molecular formula is C15H17BrF2N2O2. The number of ether oxygens (including phenoxy) is 1. The Balaban J connectivity index is 2.14. The van der Waals surface area contributed by atoms with Crippen LogP contribution in [0.5, 0.6) is 0 Å². The van der Waals surface area contributed by atoms with Gasteiger partial charge < -0.3 is 9.84 Å². The summed E-state index contributed by atoms with van der Waals surface area (Å²) in [5.41, 5.74) is 0.983. The second kappa shape index (κ2) is 5.86. The van der Waals surface area contributed by atoms with Gasteiger partial charge in [0.25, 0.3) is 5.92 Å². The van der Waals surface area contributed by atoms with Gasteiger partial charge in [0.15, 0.2) is 6.23 Å². The minimum absolute atomic E-state index is 0.151. The fraction of sp³-hybridized carbons (Fsp3) is 0.533. The summed E-state index contributed by atoms with van der Waals surface area (Å²) in [6, 6.07) is 1.68. The first-order valence-electron chi connectivity index (χ1n) is 7.23. The Morgan fingerprint density at radius 2 is 2.27 bits per heavy atom. The lowest BCUT2D eigenvalue weighted by atomic mass is 10.0. The number of alkyl halides is 2. The van der Waals surface area contributed by atoms with Crippen molar-refractivity contribution in [2.45, 2.75) is 38.3 Å². The van der Waals surface area contributed by atoms with E-state index in [1.54, 1.807) is 23.9 Å². The lowest BCUT2D eigenvalue weighted by molar-refractivity contribution is -0.0565. The van der Waals surface area contributed by atoms with Gasteiger partial charge in [-0.2, -0.15) is 13.9 Å². The van der Waals surface area contributed by atoms with Crippen LogP contribution in [-0.2, 0) is 10.7 Å². The van der Waals surface area contributed by atoms with Crippen LogP contribution in [0.2, 0.25) is 0 Å². The van der Waals surface area contributed by atoms with Crippen molar-refractivity contribution in [2.75, 3.05) is 13.2 Å². The fourth-order valence-corrected chi connectivity index (χ4v) is 3.85. The van der Waals surface area contributed by atoms with Crippen LogP contribution in [0.3, 0.4) is 0 Å². The normalized spacial score (nSPS) is 19.8. The number of aliphatic hydroxyl groups excluding tert-OH is 1. The largest absolute Gasteiger partial charge is 0.390 e. The maximum Gasteiger partial charge on any atom is 0.297 e. The summed E-state index contributed by atoms with van der Waals surface area (Å²) >= 11 is 3.26. The predicted molar refractivity (Wildman–Crippen MR) is 82.0 cm³/mol. The van der Waals surface area contributed by atoms with Gasteiger partial charge in [-0.3, -0.25) is 0 Å². The Labute approximate surface area is 135 Å². The van der Waals surface area contributed by atoms with Crippen LogP contribution in [-0.4, -0.2) is 28.1 Å². The molecule has 4 nitrogen and oxygen atoms in total. The minimum Gasteiger partial charge on any atom is -0.390 e. The Kier molecular flexibility index (Phi) is 4.22. The summed E-state index contributed by atoms with van der Waals surface area (Å²) in [5.74, 6) is -3.29. The smallest absolute Gasteiger partial charge is 0.297 e. The van der Waals surface area contributed by atoms with Gasteiger partial charge in [-0.25, -0.2) is 4.68 Å². The molecule has 1 aliphatic rings. The lowest BCUT2D eigenvalue weighted by Crippen LogP contribution is -2.21. The van der Waals surface area contributed by atoms with Crippen molar-refractivity contribution in [3.63, 3.8) is 0 Å². The molecule has 120 valence electrons. The lowest BCUT2D eigenvalue weighted by Gasteiger charge is -2.24. The second-order valence-corrected chi connectivity index (χ2v) is 6.38. The molecule has 1 aliphatic heterocycles. The first kappa shape index (κ1) is 15.8. The molecule has 0 saturated carbocycles. The van der Waals surface area contributed by atoms with Crippen LogP contribution >= 0.6 is 15.9 Å². The average Bonchev–Trinajstić information content (AvgIpc) is 2.92. The summed E-state index contributed by atoms with van der Waals surface area (Å²) in [7, 11) is 0. The molecule has 7 heteroatoms. The van der Waals surface area contributed by atoms with Crippen molar-refractivity contribution in [1.82, 2.24) is 9.78 Å². The van der Waals surface area contributed by atoms with Gasteiger partial charge >= 0.3 is 0 Å². The summed E-state index contributed by atoms with van der Waals surface area (Å²) in [6.45, 7) is 1.08. The summed E-state index contributed by atoms with van der Waals surface area (Å²) < 4.78 is 35.7. The summed E-state index contributed by atoms with van der Waals surface area (Å²) in [4.78, 5) is 0. The summed E-state index contributed by atoms with van der Waals surface area (Å²) in [5, 5.41) is 13.9. The molecule has 0 bridgehead atoms. The molecule has 0 radical (unpaired) electrons. The molecule has 0 amide bonds. The van der Waals surface area contributed by atoms with E-state index < -0.39 is 12.5 Å². The van der Waals surface area contributed by atoms with Crippen molar-refractivity contribution in [2.24, 2.45) is 0 Å². The molecule has 1 fully saturated rings. The number of aromatic nitrogens is 2. The van der Waals surface area contributed by atoms with Crippen LogP contribution in [0.15, 0.2) is 16.7 Å². The third-order valence-corrected chi connectivity index (χ3v) is 4.85. The van der Waals surface area contributed by atoms with Gasteiger partial charge in [0.05, 0.1) is 11.7 Å². The highest BCUT2D eigenvalue weighted by molar-refractivity contribution is 9.10. The number of rotatable bonds is 3. The molecule has 1 N–H and O–H groups in total. The molecule has 2 heterocycles. The first-order chi connectivity index (χ1) is 10.5. The van der Waals surface area contributed by atoms with E-state index in [1.807, 2.05) is 0 Å². The van der Waals surface area contributed by atoms with E-state index in [9.17, 15) is 8.78 Å². The molecule has 1 aromatic heterocycles. The SMILES string of the molecule is Cc1cc2c(cnn2C2CCCCO2)c(Br)c1C(F)(F)CO. The van der Waals surface area contributed by atoms with E-state index >= 15 is 0 Å². The highest BCUT2D eigenvalue weighted by Gasteiger charge is 2.36. The predicted octanol–water partition coefficient (Wildman–Crippen LogP) is 3.89. The molecule has 1 atom stereocenters. The zero-order valence-corrected chi connectivity index (χ0v) is 13.7. The molecule has 3 rings (SSSR count). The zero-order valence-electron chi connectivity index (χ0n) is 12.2.